The van der Waals surface area contributed by atoms with Gasteiger partial charge in [-0.2, -0.15) is 0 Å². The molecule has 2 N–H and O–H groups in total. The first-order valence-corrected chi connectivity index (χ1v) is 6.00. The van der Waals surface area contributed by atoms with Crippen LogP contribution in [0.3, 0.4) is 0 Å². The summed E-state index contributed by atoms with van der Waals surface area (Å²) in [6.07, 6.45) is 2.20. The van der Waals surface area contributed by atoms with Crippen molar-refractivity contribution >= 4 is 5.91 Å². The molecule has 6 heteroatoms. The van der Waals surface area contributed by atoms with E-state index in [1.54, 1.807) is 6.33 Å². The van der Waals surface area contributed by atoms with Crippen molar-refractivity contribution < 1.29 is 4.79 Å². The van der Waals surface area contributed by atoms with Gasteiger partial charge >= 0.3 is 0 Å². The van der Waals surface area contributed by atoms with Crippen LogP contribution in [0.4, 0.5) is 0 Å². The van der Waals surface area contributed by atoms with Gasteiger partial charge in [-0.05, 0) is 20.8 Å². The van der Waals surface area contributed by atoms with Crippen molar-refractivity contribution in [3.05, 3.63) is 12.2 Å². The third-order valence-electron chi connectivity index (χ3n) is 2.30. The van der Waals surface area contributed by atoms with Gasteiger partial charge in [0.15, 0.2) is 0 Å². The molecule has 1 amide bonds. The zero-order valence-corrected chi connectivity index (χ0v) is 10.7. The molecule has 0 aliphatic heterocycles. The van der Waals surface area contributed by atoms with Crippen molar-refractivity contribution in [3.63, 3.8) is 0 Å². The maximum Gasteiger partial charge on any atom is 0.221 e. The fourth-order valence-corrected chi connectivity index (χ4v) is 1.48. The van der Waals surface area contributed by atoms with Gasteiger partial charge in [0.1, 0.15) is 12.2 Å². The van der Waals surface area contributed by atoms with Crippen LogP contribution in [-0.4, -0.2) is 33.3 Å². The minimum atomic E-state index is 0.0736. The molecule has 0 fully saturated rings. The average molecular weight is 239 g/mol. The Morgan fingerprint density at radius 1 is 1.53 bits per heavy atom. The van der Waals surface area contributed by atoms with E-state index in [0.29, 0.717) is 19.5 Å². The molecular weight excluding hydrogens is 218 g/mol. The molecule has 0 aromatic carbocycles. The molecule has 0 radical (unpaired) electrons. The lowest BCUT2D eigenvalue weighted by Crippen LogP contribution is -2.32. The number of hydrogen-bond acceptors (Lipinski definition) is 4. The Balaban J connectivity index is 2.18. The van der Waals surface area contributed by atoms with Gasteiger partial charge in [0.05, 0.1) is 6.54 Å². The minimum Gasteiger partial charge on any atom is -0.354 e. The first kappa shape index (κ1) is 13.6. The highest BCUT2D eigenvalue weighted by Crippen LogP contribution is 1.93. The topological polar surface area (TPSA) is 71.8 Å². The summed E-state index contributed by atoms with van der Waals surface area (Å²) in [7, 11) is 0. The van der Waals surface area contributed by atoms with E-state index in [0.717, 1.165) is 12.4 Å². The van der Waals surface area contributed by atoms with Crippen molar-refractivity contribution in [1.82, 2.24) is 25.4 Å². The lowest BCUT2D eigenvalue weighted by atomic mass is 10.3. The molecule has 17 heavy (non-hydrogen) atoms. The Bertz CT molecular complexity index is 347. The fourth-order valence-electron chi connectivity index (χ4n) is 1.48. The van der Waals surface area contributed by atoms with E-state index in [9.17, 15) is 4.79 Å². The first-order chi connectivity index (χ1) is 8.13. The number of rotatable bonds is 7. The molecule has 0 atom stereocenters. The van der Waals surface area contributed by atoms with E-state index < -0.39 is 0 Å². The molecule has 0 spiro atoms. The molecule has 0 saturated carbocycles. The number of carbonyl (C=O) groups excluding carboxylic acids is 1. The van der Waals surface area contributed by atoms with Crippen LogP contribution in [0.25, 0.3) is 0 Å². The third kappa shape index (κ3) is 4.95. The number of hydrogen-bond donors (Lipinski definition) is 2. The Kier molecular flexibility index (Phi) is 5.62. The molecule has 1 heterocycles. The highest BCUT2D eigenvalue weighted by atomic mass is 16.1. The summed E-state index contributed by atoms with van der Waals surface area (Å²) >= 11 is 0. The lowest BCUT2D eigenvalue weighted by molar-refractivity contribution is -0.121. The van der Waals surface area contributed by atoms with Gasteiger partial charge in [-0.1, -0.05) is 0 Å². The van der Waals surface area contributed by atoms with Gasteiger partial charge in [-0.3, -0.25) is 4.79 Å². The zero-order valence-electron chi connectivity index (χ0n) is 10.7. The van der Waals surface area contributed by atoms with E-state index >= 15 is 0 Å². The van der Waals surface area contributed by atoms with Crippen LogP contribution in [0.15, 0.2) is 6.33 Å². The number of aryl methyl sites for hydroxylation is 1. The highest BCUT2D eigenvalue weighted by molar-refractivity contribution is 5.76. The summed E-state index contributed by atoms with van der Waals surface area (Å²) in [5, 5.41) is 13.9. The number of nitrogens with zero attached hydrogens (tertiary/aromatic N) is 3. The Labute approximate surface area is 102 Å². The van der Waals surface area contributed by atoms with Gasteiger partial charge in [0, 0.05) is 25.6 Å². The van der Waals surface area contributed by atoms with Gasteiger partial charge in [0.25, 0.3) is 0 Å². The summed E-state index contributed by atoms with van der Waals surface area (Å²) in [6.45, 7) is 8.10. The van der Waals surface area contributed by atoms with Crippen LogP contribution in [-0.2, 0) is 17.9 Å². The molecule has 0 unspecified atom stereocenters. The summed E-state index contributed by atoms with van der Waals surface area (Å²) in [5.41, 5.74) is 0. The van der Waals surface area contributed by atoms with Crippen molar-refractivity contribution in [3.8, 4) is 0 Å². The Morgan fingerprint density at radius 2 is 2.29 bits per heavy atom. The first-order valence-electron chi connectivity index (χ1n) is 6.00. The SMILES string of the molecule is CCn1cnnc1CNCCC(=O)NC(C)C. The second kappa shape index (κ2) is 7.01. The predicted molar refractivity (Wildman–Crippen MR) is 65.3 cm³/mol. The molecule has 1 aromatic heterocycles. The second-order valence-electron chi connectivity index (χ2n) is 4.18. The molecule has 0 saturated heterocycles. The molecular formula is C11H21N5O. The molecule has 1 rings (SSSR count). The van der Waals surface area contributed by atoms with Gasteiger partial charge in [-0.25, -0.2) is 0 Å². The van der Waals surface area contributed by atoms with Crippen LogP contribution < -0.4 is 10.6 Å². The van der Waals surface area contributed by atoms with E-state index in [4.69, 9.17) is 0 Å². The predicted octanol–water partition coefficient (Wildman–Crippen LogP) is 0.302. The van der Waals surface area contributed by atoms with Crippen LogP contribution in [0.5, 0.6) is 0 Å². The maximum atomic E-state index is 11.4. The van der Waals surface area contributed by atoms with Crippen molar-refractivity contribution in [2.24, 2.45) is 0 Å². The molecule has 0 bridgehead atoms. The van der Waals surface area contributed by atoms with E-state index in [-0.39, 0.29) is 11.9 Å². The maximum absolute atomic E-state index is 11.4. The second-order valence-corrected chi connectivity index (χ2v) is 4.18. The quantitative estimate of drug-likeness (QED) is 0.671. The van der Waals surface area contributed by atoms with E-state index in [2.05, 4.69) is 20.8 Å². The van der Waals surface area contributed by atoms with Crippen molar-refractivity contribution in [1.29, 1.82) is 0 Å². The fraction of sp³-hybridized carbons (Fsp3) is 0.727. The molecule has 1 aromatic rings. The van der Waals surface area contributed by atoms with Gasteiger partial charge in [0.2, 0.25) is 5.91 Å². The van der Waals surface area contributed by atoms with Gasteiger partial charge in [-0.15, -0.1) is 10.2 Å². The molecule has 0 aliphatic carbocycles. The van der Waals surface area contributed by atoms with E-state index in [1.807, 2.05) is 25.3 Å². The number of amides is 1. The van der Waals surface area contributed by atoms with Crippen LogP contribution in [0.1, 0.15) is 33.0 Å². The summed E-state index contributed by atoms with van der Waals surface area (Å²) in [5.74, 6) is 0.973. The van der Waals surface area contributed by atoms with Crippen LogP contribution in [0, 0.1) is 0 Å². The third-order valence-corrected chi connectivity index (χ3v) is 2.30. The molecule has 6 nitrogen and oxygen atoms in total. The summed E-state index contributed by atoms with van der Waals surface area (Å²) in [4.78, 5) is 11.4. The van der Waals surface area contributed by atoms with Crippen LogP contribution in [0.2, 0.25) is 0 Å². The standard InChI is InChI=1S/C11H21N5O/c1-4-16-8-13-15-10(16)7-12-6-5-11(17)14-9(2)3/h8-9,12H,4-7H2,1-3H3,(H,14,17). The largest absolute Gasteiger partial charge is 0.354 e. The molecule has 0 aliphatic rings. The minimum absolute atomic E-state index is 0.0736. The highest BCUT2D eigenvalue weighted by Gasteiger charge is 2.04. The van der Waals surface area contributed by atoms with E-state index in [1.165, 1.54) is 0 Å². The zero-order chi connectivity index (χ0) is 12.7. The normalized spacial score (nSPS) is 10.8. The smallest absolute Gasteiger partial charge is 0.221 e. The summed E-state index contributed by atoms with van der Waals surface area (Å²) < 4.78 is 1.97. The lowest BCUT2D eigenvalue weighted by Gasteiger charge is -2.08. The van der Waals surface area contributed by atoms with Gasteiger partial charge < -0.3 is 15.2 Å². The summed E-state index contributed by atoms with van der Waals surface area (Å²) in [6, 6.07) is 0.200. The number of aromatic nitrogens is 3. The Morgan fingerprint density at radius 3 is 2.94 bits per heavy atom. The molecule has 96 valence electrons. The van der Waals surface area contributed by atoms with Crippen LogP contribution >= 0.6 is 0 Å². The number of carbonyl (C=O) groups is 1. The van der Waals surface area contributed by atoms with Crippen molar-refractivity contribution in [2.45, 2.75) is 46.3 Å². The van der Waals surface area contributed by atoms with Crippen molar-refractivity contribution in [2.75, 3.05) is 6.54 Å². The average Bonchev–Trinajstić information content (AvgIpc) is 2.70. The monoisotopic (exact) mass is 239 g/mol. The Hall–Kier alpha value is -1.43. The number of nitrogens with one attached hydrogen (secondary N) is 2.